The van der Waals surface area contributed by atoms with Crippen LogP contribution in [0.2, 0.25) is 0 Å². The number of carboxylic acid groups (broad SMARTS) is 1. The maximum atomic E-state index is 12.0. The third kappa shape index (κ3) is 21.6. The minimum atomic E-state index is -3.56. The molecule has 0 spiro atoms. The van der Waals surface area contributed by atoms with E-state index in [0.717, 1.165) is 63.8 Å². The van der Waals surface area contributed by atoms with Crippen molar-refractivity contribution in [3.63, 3.8) is 0 Å². The summed E-state index contributed by atoms with van der Waals surface area (Å²) in [6.45, 7) is 14.4. The fourth-order valence-corrected chi connectivity index (χ4v) is 6.93. The van der Waals surface area contributed by atoms with Gasteiger partial charge in [-0.15, -0.1) is 0 Å². The molecule has 2 heterocycles. The van der Waals surface area contributed by atoms with E-state index in [2.05, 4.69) is 4.72 Å². The van der Waals surface area contributed by atoms with Crippen LogP contribution >= 0.6 is 0 Å². The van der Waals surface area contributed by atoms with Crippen molar-refractivity contribution < 1.29 is 47.6 Å². The summed E-state index contributed by atoms with van der Waals surface area (Å²) in [6.07, 6.45) is 13.5. The van der Waals surface area contributed by atoms with Crippen molar-refractivity contribution in [1.29, 1.82) is 0 Å². The van der Waals surface area contributed by atoms with Gasteiger partial charge in [0.15, 0.2) is 0 Å². The molecular weight excluding hydrogens is 654 g/mol. The van der Waals surface area contributed by atoms with E-state index in [1.807, 2.05) is 41.5 Å². The van der Waals surface area contributed by atoms with Gasteiger partial charge in [0.1, 0.15) is 17.2 Å². The zero-order valence-corrected chi connectivity index (χ0v) is 32.1. The second-order valence-corrected chi connectivity index (χ2v) is 17.5. The highest BCUT2D eigenvalue weighted by atomic mass is 32.2. The highest BCUT2D eigenvalue weighted by Gasteiger charge is 2.29. The lowest BCUT2D eigenvalue weighted by Crippen LogP contribution is -2.43. The third-order valence-corrected chi connectivity index (χ3v) is 9.56. The summed E-state index contributed by atoms with van der Waals surface area (Å²) in [5, 5.41) is 26.6. The smallest absolute Gasteiger partial charge is 0.410 e. The Morgan fingerprint density at radius 1 is 0.694 bits per heavy atom. The average Bonchev–Trinajstić information content (AvgIpc) is 2.99. The van der Waals surface area contributed by atoms with Crippen LogP contribution in [0.3, 0.4) is 0 Å². The first-order valence-electron chi connectivity index (χ1n) is 18.1. The van der Waals surface area contributed by atoms with Gasteiger partial charge in [-0.25, -0.2) is 22.7 Å². The van der Waals surface area contributed by atoms with Crippen LogP contribution in [0.5, 0.6) is 0 Å². The molecule has 4 N–H and O–H groups in total. The number of carbonyl (C=O) groups is 3. The zero-order valence-electron chi connectivity index (χ0n) is 31.2. The number of carboxylic acids is 1. The van der Waals surface area contributed by atoms with Crippen LogP contribution in [-0.2, 0) is 24.3 Å². The molecule has 0 aromatic rings. The largest absolute Gasteiger partial charge is 0.480 e. The number of hydrogen-bond acceptors (Lipinski definition) is 9. The average molecular weight is 722 g/mol. The molecule has 3 rings (SSSR count). The van der Waals surface area contributed by atoms with Crippen molar-refractivity contribution in [3.05, 3.63) is 0 Å². The number of sulfonamides is 1. The number of piperidine rings is 2. The molecule has 14 heteroatoms. The highest BCUT2D eigenvalue weighted by Crippen LogP contribution is 2.26. The van der Waals surface area contributed by atoms with Crippen molar-refractivity contribution >= 4 is 28.2 Å². The van der Waals surface area contributed by atoms with Gasteiger partial charge < -0.3 is 34.6 Å². The van der Waals surface area contributed by atoms with E-state index in [9.17, 15) is 22.8 Å². The number of aliphatic hydroxyl groups is 2. The van der Waals surface area contributed by atoms with Gasteiger partial charge in [-0.1, -0.05) is 32.1 Å². The summed E-state index contributed by atoms with van der Waals surface area (Å²) in [4.78, 5) is 38.3. The standard InChI is InChI=1S/C15H28N2O6S.C12H23NO3.C8H16O/c1-15(2,3)23-14(20)17-9-7-11(8-10-17)5-6-12(13(18)19)16-24(4,21)22;1-12(2,3)16-11(15)13-7-4-10(5-8-13)6-9-14;9-7-6-8-4-2-1-3-5-8/h11-12,16H,5-10H2,1-4H3,(H,18,19);10,14H,4-9H2,1-3H3;8-9H,1-7H2/t12-;;/m1../s1. The molecule has 2 saturated heterocycles. The minimum Gasteiger partial charge on any atom is -0.480 e. The van der Waals surface area contributed by atoms with Gasteiger partial charge in [-0.2, -0.15) is 0 Å². The van der Waals surface area contributed by atoms with Gasteiger partial charge in [0.2, 0.25) is 10.0 Å². The van der Waals surface area contributed by atoms with Crippen LogP contribution in [0.15, 0.2) is 0 Å². The molecule has 2 amide bonds. The molecule has 0 aromatic heterocycles. The molecule has 1 aliphatic carbocycles. The minimum absolute atomic E-state index is 0.213. The Labute approximate surface area is 295 Å². The fourth-order valence-electron chi connectivity index (χ4n) is 6.20. The zero-order chi connectivity index (χ0) is 37.3. The van der Waals surface area contributed by atoms with Gasteiger partial charge >= 0.3 is 18.2 Å². The molecule has 0 bridgehead atoms. The number of likely N-dealkylation sites (tertiary alicyclic amines) is 2. The lowest BCUT2D eigenvalue weighted by atomic mass is 9.87. The van der Waals surface area contributed by atoms with E-state index < -0.39 is 33.2 Å². The predicted octanol–water partition coefficient (Wildman–Crippen LogP) is 5.38. The number of ether oxygens (including phenoxy) is 2. The normalized spacial score (nSPS) is 19.1. The van der Waals surface area contributed by atoms with Crippen molar-refractivity contribution in [2.24, 2.45) is 17.8 Å². The number of hydrogen-bond donors (Lipinski definition) is 4. The molecular formula is C35H67N3O10S. The summed E-state index contributed by atoms with van der Waals surface area (Å²) in [7, 11) is -3.56. The SMILES string of the molecule is CC(C)(C)OC(=O)N1CCC(CCO)CC1.CC(C)(C)OC(=O)N1CCC(CC[C@@H](NS(C)(=O)=O)C(=O)O)CC1.OCCC1CCCCC1. The van der Waals surface area contributed by atoms with E-state index >= 15 is 0 Å². The number of aliphatic hydroxyl groups excluding tert-OH is 2. The summed E-state index contributed by atoms with van der Waals surface area (Å²) >= 11 is 0. The number of nitrogens with one attached hydrogen (secondary N) is 1. The Morgan fingerprint density at radius 2 is 1.06 bits per heavy atom. The van der Waals surface area contributed by atoms with Crippen LogP contribution in [0.1, 0.15) is 125 Å². The summed E-state index contributed by atoms with van der Waals surface area (Å²) in [6, 6.07) is -1.11. The van der Waals surface area contributed by atoms with Crippen LogP contribution in [0.25, 0.3) is 0 Å². The molecule has 0 aromatic carbocycles. The van der Waals surface area contributed by atoms with Crippen LogP contribution in [-0.4, -0.2) is 115 Å². The van der Waals surface area contributed by atoms with Crippen LogP contribution < -0.4 is 4.72 Å². The van der Waals surface area contributed by atoms with Gasteiger partial charge in [-0.3, -0.25) is 4.79 Å². The van der Waals surface area contributed by atoms with Crippen molar-refractivity contribution in [3.8, 4) is 0 Å². The topological polar surface area (TPSA) is 183 Å². The summed E-state index contributed by atoms with van der Waals surface area (Å²) in [5.41, 5.74) is -0.945. The van der Waals surface area contributed by atoms with Crippen LogP contribution in [0, 0.1) is 17.8 Å². The number of amides is 2. The summed E-state index contributed by atoms with van der Waals surface area (Å²) in [5.74, 6) is 0.506. The highest BCUT2D eigenvalue weighted by molar-refractivity contribution is 7.88. The molecule has 1 atom stereocenters. The van der Waals surface area contributed by atoms with E-state index in [4.69, 9.17) is 24.8 Å². The molecule has 13 nitrogen and oxygen atoms in total. The van der Waals surface area contributed by atoms with Gasteiger partial charge in [-0.05, 0) is 111 Å². The molecule has 3 aliphatic rings. The quantitative estimate of drug-likeness (QED) is 0.229. The first kappa shape index (κ1) is 44.9. The Balaban J connectivity index is 0.000000409. The van der Waals surface area contributed by atoms with Gasteiger partial charge in [0.25, 0.3) is 0 Å². The van der Waals surface area contributed by atoms with Crippen molar-refractivity contribution in [1.82, 2.24) is 14.5 Å². The Hall–Kier alpha value is -2.16. The Morgan fingerprint density at radius 3 is 1.39 bits per heavy atom. The molecule has 0 unspecified atom stereocenters. The van der Waals surface area contributed by atoms with E-state index in [1.54, 1.807) is 9.80 Å². The Bertz CT molecular complexity index is 1070. The molecule has 3 fully saturated rings. The van der Waals surface area contributed by atoms with E-state index in [-0.39, 0.29) is 31.1 Å². The lowest BCUT2D eigenvalue weighted by Gasteiger charge is -2.33. The first-order valence-corrected chi connectivity index (χ1v) is 20.0. The van der Waals surface area contributed by atoms with Gasteiger partial charge in [0.05, 0.1) is 6.26 Å². The number of nitrogens with zero attached hydrogens (tertiary/aromatic N) is 2. The molecule has 288 valence electrons. The first-order chi connectivity index (χ1) is 22.7. The number of rotatable bonds is 10. The van der Waals surface area contributed by atoms with E-state index in [1.165, 1.54) is 32.1 Å². The number of carbonyl (C=O) groups excluding carboxylic acids is 2. The van der Waals surface area contributed by atoms with Crippen LogP contribution in [0.4, 0.5) is 9.59 Å². The number of aliphatic carboxylic acids is 1. The predicted molar refractivity (Wildman–Crippen MR) is 190 cm³/mol. The molecule has 1 saturated carbocycles. The third-order valence-electron chi connectivity index (χ3n) is 8.85. The molecule has 2 aliphatic heterocycles. The maximum Gasteiger partial charge on any atom is 0.410 e. The maximum absolute atomic E-state index is 12.0. The van der Waals surface area contributed by atoms with E-state index in [0.29, 0.717) is 32.0 Å². The summed E-state index contributed by atoms with van der Waals surface area (Å²) < 4.78 is 35.2. The fraction of sp³-hybridized carbons (Fsp3) is 0.914. The Kier molecular flexibility index (Phi) is 20.1. The molecule has 49 heavy (non-hydrogen) atoms. The second kappa shape index (κ2) is 21.9. The van der Waals surface area contributed by atoms with Gasteiger partial charge in [0, 0.05) is 39.4 Å². The lowest BCUT2D eigenvalue weighted by molar-refractivity contribution is -0.139. The van der Waals surface area contributed by atoms with Crippen molar-refractivity contribution in [2.45, 2.75) is 142 Å². The molecule has 0 radical (unpaired) electrons. The van der Waals surface area contributed by atoms with Crippen molar-refractivity contribution in [2.75, 3.05) is 45.6 Å². The second-order valence-electron chi connectivity index (χ2n) is 15.7. The monoisotopic (exact) mass is 721 g/mol.